The molecular formula is C17H23ClN4O5S. The van der Waals surface area contributed by atoms with Crippen molar-refractivity contribution in [3.05, 3.63) is 34.9 Å². The Morgan fingerprint density at radius 2 is 1.68 bits per heavy atom. The number of carbonyl (C=O) groups excluding carboxylic acids is 3. The first kappa shape index (κ1) is 22.1. The van der Waals surface area contributed by atoms with E-state index in [1.54, 1.807) is 24.3 Å². The highest BCUT2D eigenvalue weighted by atomic mass is 35.5. The van der Waals surface area contributed by atoms with Crippen molar-refractivity contribution in [2.24, 2.45) is 5.73 Å². The number of nitrogens with zero attached hydrogens (tertiary/aromatic N) is 2. The van der Waals surface area contributed by atoms with Crippen LogP contribution in [0.1, 0.15) is 24.4 Å². The summed E-state index contributed by atoms with van der Waals surface area (Å²) in [4.78, 5) is 37.6. The summed E-state index contributed by atoms with van der Waals surface area (Å²) >= 11 is 5.81. The molecule has 11 heteroatoms. The largest absolute Gasteiger partial charge is 0.368 e. The number of nitrogens with one attached hydrogen (secondary N) is 1. The van der Waals surface area contributed by atoms with E-state index in [1.807, 2.05) is 0 Å². The van der Waals surface area contributed by atoms with Crippen molar-refractivity contribution in [3.63, 3.8) is 0 Å². The third-order valence-corrected chi connectivity index (χ3v) is 5.97. The molecule has 28 heavy (non-hydrogen) atoms. The first-order valence-corrected chi connectivity index (χ1v) is 10.9. The van der Waals surface area contributed by atoms with Crippen LogP contribution in [0.25, 0.3) is 0 Å². The van der Waals surface area contributed by atoms with E-state index in [9.17, 15) is 22.8 Å². The van der Waals surface area contributed by atoms with Crippen LogP contribution in [0, 0.1) is 0 Å². The number of halogens is 1. The molecule has 0 bridgehead atoms. The van der Waals surface area contributed by atoms with Crippen LogP contribution in [0.3, 0.4) is 0 Å². The molecule has 1 aliphatic heterocycles. The van der Waals surface area contributed by atoms with Gasteiger partial charge in [0.2, 0.25) is 27.7 Å². The van der Waals surface area contributed by atoms with Crippen molar-refractivity contribution in [2.45, 2.75) is 18.9 Å². The predicted octanol–water partition coefficient (Wildman–Crippen LogP) is -0.133. The first-order chi connectivity index (χ1) is 13.1. The maximum atomic E-state index is 12.3. The van der Waals surface area contributed by atoms with Crippen LogP contribution in [0.2, 0.25) is 5.02 Å². The van der Waals surface area contributed by atoms with Crippen molar-refractivity contribution in [1.29, 1.82) is 0 Å². The van der Waals surface area contributed by atoms with Gasteiger partial charge in [0.1, 0.15) is 6.04 Å². The summed E-state index contributed by atoms with van der Waals surface area (Å²) in [5, 5.41) is 3.01. The first-order valence-electron chi connectivity index (χ1n) is 8.65. The average molecular weight is 431 g/mol. The molecule has 9 nitrogen and oxygen atoms in total. The zero-order valence-electron chi connectivity index (χ0n) is 15.4. The lowest BCUT2D eigenvalue weighted by Gasteiger charge is -2.33. The van der Waals surface area contributed by atoms with E-state index in [2.05, 4.69) is 5.32 Å². The van der Waals surface area contributed by atoms with Gasteiger partial charge in [0.15, 0.2) is 0 Å². The van der Waals surface area contributed by atoms with E-state index < -0.39 is 27.9 Å². The van der Waals surface area contributed by atoms with Gasteiger partial charge in [-0.25, -0.2) is 8.42 Å². The number of primary amides is 1. The Kier molecular flexibility index (Phi) is 7.39. The zero-order chi connectivity index (χ0) is 20.9. The van der Waals surface area contributed by atoms with E-state index in [4.69, 9.17) is 17.3 Å². The second kappa shape index (κ2) is 9.35. The average Bonchev–Trinajstić information content (AvgIpc) is 2.64. The summed E-state index contributed by atoms with van der Waals surface area (Å²) in [6, 6.07) is 5.32. The Balaban J connectivity index is 1.85. The molecule has 1 aromatic carbocycles. The standard InChI is InChI=1S/C17H23ClN4O5S/c1-28(26,27)22-10-8-21(9-11-22)15(24)7-6-14(23)20-16(17(19)25)12-2-4-13(18)5-3-12/h2-5,16H,6-11H2,1H3,(H2,19,25)(H,20,23). The minimum atomic E-state index is -3.27. The molecular weight excluding hydrogens is 408 g/mol. The number of carbonyl (C=O) groups is 3. The van der Waals surface area contributed by atoms with E-state index in [-0.39, 0.29) is 44.9 Å². The molecule has 1 heterocycles. The molecule has 0 aliphatic carbocycles. The van der Waals surface area contributed by atoms with Crippen LogP contribution in [0.5, 0.6) is 0 Å². The van der Waals surface area contributed by atoms with Crippen molar-refractivity contribution in [2.75, 3.05) is 32.4 Å². The van der Waals surface area contributed by atoms with Gasteiger partial charge in [-0.2, -0.15) is 4.31 Å². The van der Waals surface area contributed by atoms with Crippen LogP contribution in [-0.2, 0) is 24.4 Å². The summed E-state index contributed by atoms with van der Waals surface area (Å²) in [6.07, 6.45) is 0.976. The van der Waals surface area contributed by atoms with Gasteiger partial charge in [-0.1, -0.05) is 23.7 Å². The van der Waals surface area contributed by atoms with Crippen LogP contribution < -0.4 is 11.1 Å². The fourth-order valence-corrected chi connectivity index (χ4v) is 3.81. The lowest BCUT2D eigenvalue weighted by Crippen LogP contribution is -2.50. The van der Waals surface area contributed by atoms with Crippen molar-refractivity contribution in [1.82, 2.24) is 14.5 Å². The fraction of sp³-hybridized carbons (Fsp3) is 0.471. The van der Waals surface area contributed by atoms with Crippen molar-refractivity contribution < 1.29 is 22.8 Å². The molecule has 154 valence electrons. The topological polar surface area (TPSA) is 130 Å². The smallest absolute Gasteiger partial charge is 0.244 e. The molecule has 2 rings (SSSR count). The minimum absolute atomic E-state index is 0.0448. The van der Waals surface area contributed by atoms with E-state index in [0.29, 0.717) is 10.6 Å². The van der Waals surface area contributed by atoms with E-state index in [0.717, 1.165) is 6.26 Å². The number of rotatable bonds is 7. The molecule has 3 N–H and O–H groups in total. The van der Waals surface area contributed by atoms with Gasteiger partial charge in [-0.15, -0.1) is 0 Å². The number of amides is 3. The summed E-state index contributed by atoms with van der Waals surface area (Å²) < 4.78 is 24.3. The monoisotopic (exact) mass is 430 g/mol. The molecule has 0 radical (unpaired) electrons. The van der Waals surface area contributed by atoms with E-state index >= 15 is 0 Å². The number of hydrogen-bond donors (Lipinski definition) is 2. The second-order valence-electron chi connectivity index (χ2n) is 6.50. The van der Waals surface area contributed by atoms with Crippen LogP contribution >= 0.6 is 11.6 Å². The Hall–Kier alpha value is -2.17. The fourth-order valence-electron chi connectivity index (χ4n) is 2.85. The Morgan fingerprint density at radius 1 is 1.11 bits per heavy atom. The Bertz CT molecular complexity index is 836. The molecule has 1 saturated heterocycles. The van der Waals surface area contributed by atoms with Gasteiger partial charge in [-0.05, 0) is 17.7 Å². The lowest BCUT2D eigenvalue weighted by molar-refractivity contribution is -0.135. The molecule has 1 atom stereocenters. The third kappa shape index (κ3) is 6.18. The highest BCUT2D eigenvalue weighted by molar-refractivity contribution is 7.88. The predicted molar refractivity (Wildman–Crippen MR) is 104 cm³/mol. The van der Waals surface area contributed by atoms with Gasteiger partial charge >= 0.3 is 0 Å². The zero-order valence-corrected chi connectivity index (χ0v) is 17.0. The number of hydrogen-bond acceptors (Lipinski definition) is 5. The third-order valence-electron chi connectivity index (χ3n) is 4.42. The molecule has 1 aliphatic rings. The lowest BCUT2D eigenvalue weighted by atomic mass is 10.1. The number of sulfonamides is 1. The van der Waals surface area contributed by atoms with Gasteiger partial charge in [0.05, 0.1) is 6.26 Å². The molecule has 1 aromatic rings. The highest BCUT2D eigenvalue weighted by Crippen LogP contribution is 2.17. The molecule has 1 fully saturated rings. The number of benzene rings is 1. The minimum Gasteiger partial charge on any atom is -0.368 e. The van der Waals surface area contributed by atoms with Crippen molar-refractivity contribution >= 4 is 39.3 Å². The summed E-state index contributed by atoms with van der Waals surface area (Å²) in [7, 11) is -3.27. The van der Waals surface area contributed by atoms with Crippen molar-refractivity contribution in [3.8, 4) is 0 Å². The van der Waals surface area contributed by atoms with Crippen LogP contribution in [0.4, 0.5) is 0 Å². The molecule has 3 amide bonds. The van der Waals surface area contributed by atoms with Gasteiger partial charge in [0.25, 0.3) is 0 Å². The van der Waals surface area contributed by atoms with Gasteiger partial charge in [-0.3, -0.25) is 14.4 Å². The molecule has 0 aromatic heterocycles. The summed E-state index contributed by atoms with van der Waals surface area (Å²) in [5.74, 6) is -1.45. The number of nitrogens with two attached hydrogens (primary N) is 1. The van der Waals surface area contributed by atoms with Crippen LogP contribution in [-0.4, -0.2) is 67.8 Å². The summed E-state index contributed by atoms with van der Waals surface area (Å²) in [6.45, 7) is 1.03. The Labute approximate surface area is 168 Å². The quantitative estimate of drug-likeness (QED) is 0.622. The van der Waals surface area contributed by atoms with Gasteiger partial charge in [0, 0.05) is 44.0 Å². The molecule has 1 unspecified atom stereocenters. The van der Waals surface area contributed by atoms with Crippen LogP contribution in [0.15, 0.2) is 24.3 Å². The highest BCUT2D eigenvalue weighted by Gasteiger charge is 2.26. The van der Waals surface area contributed by atoms with Gasteiger partial charge < -0.3 is 16.0 Å². The molecule has 0 spiro atoms. The molecule has 0 saturated carbocycles. The summed E-state index contributed by atoms with van der Waals surface area (Å²) in [5.41, 5.74) is 5.85. The normalized spacial score (nSPS) is 16.4. The SMILES string of the molecule is CS(=O)(=O)N1CCN(C(=O)CCC(=O)NC(C(N)=O)c2ccc(Cl)cc2)CC1. The van der Waals surface area contributed by atoms with E-state index in [1.165, 1.54) is 9.21 Å². The maximum absolute atomic E-state index is 12.3. The second-order valence-corrected chi connectivity index (χ2v) is 8.92. The number of piperazine rings is 1. The maximum Gasteiger partial charge on any atom is 0.244 e. The Morgan fingerprint density at radius 3 is 2.18 bits per heavy atom.